The Bertz CT molecular complexity index is 954. The molecule has 0 saturated carbocycles. The molecule has 0 aliphatic heterocycles. The molecule has 3 rings (SSSR count). The molecule has 0 aliphatic carbocycles. The molecule has 0 atom stereocenters. The second-order valence-corrected chi connectivity index (χ2v) is 7.51. The number of thioether (sulfide) groups is 1. The summed E-state index contributed by atoms with van der Waals surface area (Å²) in [4.78, 5) is 16.5. The van der Waals surface area contributed by atoms with Gasteiger partial charge in [0.25, 0.3) is 0 Å². The number of H-pyrrole nitrogens is 1. The van der Waals surface area contributed by atoms with Crippen molar-refractivity contribution in [1.82, 2.24) is 10.3 Å². The zero-order valence-corrected chi connectivity index (χ0v) is 16.2. The summed E-state index contributed by atoms with van der Waals surface area (Å²) < 4.78 is 0. The molecule has 5 heteroatoms. The first-order chi connectivity index (χ1) is 13.2. The summed E-state index contributed by atoms with van der Waals surface area (Å²) in [5.41, 5.74) is 4.43. The number of carbonyl (C=O) groups excluding carboxylic acids is 1. The lowest BCUT2D eigenvalue weighted by Crippen LogP contribution is -2.25. The first-order valence-electron chi connectivity index (χ1n) is 9.18. The van der Waals surface area contributed by atoms with Crippen molar-refractivity contribution < 1.29 is 4.79 Å². The molecular weight excluding hydrogens is 354 g/mol. The van der Waals surface area contributed by atoms with Crippen LogP contribution in [0.5, 0.6) is 0 Å². The molecule has 27 heavy (non-hydrogen) atoms. The summed E-state index contributed by atoms with van der Waals surface area (Å²) in [5.74, 6) is 0.801. The summed E-state index contributed by atoms with van der Waals surface area (Å²) in [5, 5.41) is 13.1. The second kappa shape index (κ2) is 9.29. The smallest absolute Gasteiger partial charge is 0.220 e. The minimum absolute atomic E-state index is 0.0743. The van der Waals surface area contributed by atoms with Crippen molar-refractivity contribution in [3.63, 3.8) is 0 Å². The van der Waals surface area contributed by atoms with Gasteiger partial charge < -0.3 is 10.3 Å². The molecular formula is C22H23N3OS. The van der Waals surface area contributed by atoms with Crippen LogP contribution in [0.4, 0.5) is 0 Å². The molecule has 0 spiro atoms. The number of aromatic amines is 1. The number of fused-ring (bicyclic) bond motifs is 1. The van der Waals surface area contributed by atoms with E-state index < -0.39 is 0 Å². The van der Waals surface area contributed by atoms with Crippen molar-refractivity contribution in [2.45, 2.75) is 31.1 Å². The number of rotatable bonds is 8. The molecule has 0 unspecified atom stereocenters. The Hall–Kier alpha value is -2.71. The van der Waals surface area contributed by atoms with E-state index in [0.29, 0.717) is 18.5 Å². The zero-order chi connectivity index (χ0) is 19.1. The minimum atomic E-state index is 0.0743. The Morgan fingerprint density at radius 3 is 2.74 bits per heavy atom. The van der Waals surface area contributed by atoms with Crippen molar-refractivity contribution in [3.8, 4) is 6.07 Å². The number of benzene rings is 2. The summed E-state index contributed by atoms with van der Waals surface area (Å²) >= 11 is 1.63. The van der Waals surface area contributed by atoms with Crippen molar-refractivity contribution in [3.05, 3.63) is 65.4 Å². The van der Waals surface area contributed by atoms with Crippen molar-refractivity contribution in [2.75, 3.05) is 12.3 Å². The van der Waals surface area contributed by atoms with Gasteiger partial charge in [-0.2, -0.15) is 5.26 Å². The highest BCUT2D eigenvalue weighted by Gasteiger charge is 2.07. The molecule has 0 saturated heterocycles. The lowest BCUT2D eigenvalue weighted by atomic mass is 10.1. The Labute approximate surface area is 164 Å². The number of aryl methyl sites for hydroxylation is 1. The predicted octanol–water partition coefficient (Wildman–Crippen LogP) is 4.44. The Morgan fingerprint density at radius 1 is 1.19 bits per heavy atom. The van der Waals surface area contributed by atoms with E-state index in [4.69, 9.17) is 5.26 Å². The number of aromatic nitrogens is 1. The largest absolute Gasteiger partial charge is 0.361 e. The number of nitriles is 1. The van der Waals surface area contributed by atoms with Gasteiger partial charge in [-0.05, 0) is 48.2 Å². The first kappa shape index (κ1) is 19.1. The molecule has 0 aliphatic rings. The first-order valence-corrected chi connectivity index (χ1v) is 10.2. The molecule has 1 heterocycles. The van der Waals surface area contributed by atoms with Crippen LogP contribution in [-0.2, 0) is 17.6 Å². The molecule has 3 aromatic rings. The van der Waals surface area contributed by atoms with Gasteiger partial charge in [-0.15, -0.1) is 11.8 Å². The third-order valence-electron chi connectivity index (χ3n) is 4.57. The number of hydrogen-bond donors (Lipinski definition) is 2. The monoisotopic (exact) mass is 377 g/mol. The fraction of sp³-hybridized carbons (Fsp3) is 0.273. The number of nitrogens with one attached hydrogen (secondary N) is 2. The number of nitrogens with zero attached hydrogens (tertiary/aromatic N) is 1. The maximum Gasteiger partial charge on any atom is 0.220 e. The summed E-state index contributed by atoms with van der Waals surface area (Å²) in [6.07, 6.45) is 4.36. The maximum absolute atomic E-state index is 12.1. The number of amides is 1. The Balaban J connectivity index is 1.42. The van der Waals surface area contributed by atoms with Crippen molar-refractivity contribution in [2.24, 2.45) is 0 Å². The summed E-state index contributed by atoms with van der Waals surface area (Å²) in [6, 6.07) is 15.9. The average molecular weight is 378 g/mol. The van der Waals surface area contributed by atoms with E-state index in [1.54, 1.807) is 23.9 Å². The van der Waals surface area contributed by atoms with E-state index >= 15 is 0 Å². The van der Waals surface area contributed by atoms with Crippen LogP contribution in [0.2, 0.25) is 0 Å². The van der Waals surface area contributed by atoms with Gasteiger partial charge in [-0.1, -0.05) is 25.1 Å². The van der Waals surface area contributed by atoms with Gasteiger partial charge in [-0.25, -0.2) is 0 Å². The lowest BCUT2D eigenvalue weighted by Gasteiger charge is -2.06. The normalized spacial score (nSPS) is 10.7. The average Bonchev–Trinajstić information content (AvgIpc) is 3.12. The Morgan fingerprint density at radius 2 is 2.00 bits per heavy atom. The van der Waals surface area contributed by atoms with Gasteiger partial charge >= 0.3 is 0 Å². The van der Waals surface area contributed by atoms with Gasteiger partial charge in [0.05, 0.1) is 11.6 Å². The van der Waals surface area contributed by atoms with Crippen molar-refractivity contribution >= 4 is 28.6 Å². The van der Waals surface area contributed by atoms with Crippen LogP contribution in [-0.4, -0.2) is 23.2 Å². The van der Waals surface area contributed by atoms with Gasteiger partial charge in [-0.3, -0.25) is 4.79 Å². The van der Waals surface area contributed by atoms with E-state index in [0.717, 1.165) is 23.5 Å². The zero-order valence-electron chi connectivity index (χ0n) is 15.4. The fourth-order valence-electron chi connectivity index (χ4n) is 3.09. The van der Waals surface area contributed by atoms with Crippen LogP contribution in [0.1, 0.15) is 30.0 Å². The molecule has 1 aromatic heterocycles. The van der Waals surface area contributed by atoms with Crippen LogP contribution < -0.4 is 5.32 Å². The lowest BCUT2D eigenvalue weighted by molar-refractivity contribution is -0.120. The van der Waals surface area contributed by atoms with Crippen LogP contribution in [0.3, 0.4) is 0 Å². The highest BCUT2D eigenvalue weighted by molar-refractivity contribution is 7.99. The highest BCUT2D eigenvalue weighted by Crippen LogP contribution is 2.22. The van der Waals surface area contributed by atoms with Gasteiger partial charge in [0.15, 0.2) is 0 Å². The van der Waals surface area contributed by atoms with E-state index in [1.807, 2.05) is 12.1 Å². The quantitative estimate of drug-likeness (QED) is 0.570. The topological polar surface area (TPSA) is 68.7 Å². The maximum atomic E-state index is 12.1. The van der Waals surface area contributed by atoms with E-state index in [9.17, 15) is 4.79 Å². The van der Waals surface area contributed by atoms with Gasteiger partial charge in [0.2, 0.25) is 5.91 Å². The van der Waals surface area contributed by atoms with Crippen molar-refractivity contribution in [1.29, 1.82) is 5.26 Å². The number of carbonyl (C=O) groups is 1. The van der Waals surface area contributed by atoms with Crippen LogP contribution in [0.15, 0.2) is 53.6 Å². The second-order valence-electron chi connectivity index (χ2n) is 6.34. The number of para-hydroxylation sites is 1. The summed E-state index contributed by atoms with van der Waals surface area (Å²) in [6.45, 7) is 2.80. The fourth-order valence-corrected chi connectivity index (χ4v) is 3.94. The van der Waals surface area contributed by atoms with Crippen LogP contribution in [0, 0.1) is 11.3 Å². The SMILES string of the molecule is CCc1cccc2c(CCNC(=O)CCSc3ccc(C#N)cc3)c[nH]c12. The molecule has 2 N–H and O–H groups in total. The summed E-state index contributed by atoms with van der Waals surface area (Å²) in [7, 11) is 0. The highest BCUT2D eigenvalue weighted by atomic mass is 32.2. The molecule has 138 valence electrons. The number of hydrogen-bond acceptors (Lipinski definition) is 3. The molecule has 4 nitrogen and oxygen atoms in total. The van der Waals surface area contributed by atoms with Crippen LogP contribution in [0.25, 0.3) is 10.9 Å². The predicted molar refractivity (Wildman–Crippen MR) is 111 cm³/mol. The standard InChI is InChI=1S/C22H23N3OS/c1-2-17-4-3-5-20-18(15-25-22(17)20)10-12-24-21(26)11-13-27-19-8-6-16(14-23)7-9-19/h3-9,15,25H,2,10-13H2,1H3,(H,24,26). The van der Waals surface area contributed by atoms with Gasteiger partial charge in [0, 0.05) is 40.7 Å². The Kier molecular flexibility index (Phi) is 6.56. The molecule has 1 amide bonds. The molecule has 0 bridgehead atoms. The molecule has 0 radical (unpaired) electrons. The minimum Gasteiger partial charge on any atom is -0.361 e. The third kappa shape index (κ3) is 4.93. The molecule has 0 fully saturated rings. The molecule has 2 aromatic carbocycles. The van der Waals surface area contributed by atoms with E-state index in [2.05, 4.69) is 47.7 Å². The van der Waals surface area contributed by atoms with Crippen LogP contribution >= 0.6 is 11.8 Å². The third-order valence-corrected chi connectivity index (χ3v) is 5.58. The van der Waals surface area contributed by atoms with Gasteiger partial charge in [0.1, 0.15) is 0 Å². The van der Waals surface area contributed by atoms with E-state index in [1.165, 1.54) is 22.0 Å². The van der Waals surface area contributed by atoms with E-state index in [-0.39, 0.29) is 5.91 Å².